The molecule has 9 nitrogen and oxygen atoms in total. The van der Waals surface area contributed by atoms with Gasteiger partial charge in [-0.1, -0.05) is 0 Å². The van der Waals surface area contributed by atoms with E-state index in [2.05, 4.69) is 15.5 Å². The summed E-state index contributed by atoms with van der Waals surface area (Å²) in [5.41, 5.74) is 2.33. The molecule has 4 rings (SSSR count). The molecule has 2 aliphatic rings. The number of halogens is 3. The number of amides is 1. The topological polar surface area (TPSA) is 112 Å². The number of rotatable bonds is 8. The number of sulfone groups is 1. The van der Waals surface area contributed by atoms with Crippen LogP contribution in [0.3, 0.4) is 0 Å². The zero-order chi connectivity index (χ0) is 26.5. The highest BCUT2D eigenvalue weighted by Gasteiger charge is 2.52. The van der Waals surface area contributed by atoms with Crippen molar-refractivity contribution < 1.29 is 45.4 Å². The van der Waals surface area contributed by atoms with Gasteiger partial charge >= 0.3 is 6.36 Å². The lowest BCUT2D eigenvalue weighted by Gasteiger charge is -2.35. The Labute approximate surface area is 212 Å². The van der Waals surface area contributed by atoms with Crippen molar-refractivity contribution in [3.8, 4) is 17.2 Å². The molecule has 2 saturated heterocycles. The number of hydrogen-bond donors (Lipinski definition) is 2. The molecule has 2 fully saturated rings. The first-order valence-corrected chi connectivity index (χ1v) is 13.2. The predicted molar refractivity (Wildman–Crippen MR) is 124 cm³/mol. The van der Waals surface area contributed by atoms with E-state index in [1.54, 1.807) is 0 Å². The summed E-state index contributed by atoms with van der Waals surface area (Å²) in [6.07, 6.45) is -2.93. The van der Waals surface area contributed by atoms with Crippen molar-refractivity contribution in [1.29, 1.82) is 0 Å². The normalized spacial score (nSPS) is 20.1. The van der Waals surface area contributed by atoms with Gasteiger partial charge in [-0.3, -0.25) is 4.79 Å². The van der Waals surface area contributed by atoms with E-state index in [-0.39, 0.29) is 29.2 Å². The number of hydroxylamine groups is 1. The maximum atomic E-state index is 13.7. The molecule has 2 aromatic rings. The van der Waals surface area contributed by atoms with E-state index >= 15 is 0 Å². The largest absolute Gasteiger partial charge is 0.573 e. The summed E-state index contributed by atoms with van der Waals surface area (Å²) >= 11 is 0. The van der Waals surface area contributed by atoms with Crippen LogP contribution >= 0.6 is 0 Å². The first-order valence-electron chi connectivity index (χ1n) is 11.8. The van der Waals surface area contributed by atoms with Crippen molar-refractivity contribution >= 4 is 15.7 Å². The Kier molecular flexibility index (Phi) is 8.26. The van der Waals surface area contributed by atoms with Gasteiger partial charge < -0.3 is 19.5 Å². The Balaban J connectivity index is 1.47. The van der Waals surface area contributed by atoms with Gasteiger partial charge in [-0.15, -0.1) is 13.2 Å². The highest BCUT2D eigenvalue weighted by atomic mass is 32.2. The van der Waals surface area contributed by atoms with E-state index in [4.69, 9.17) is 14.3 Å². The van der Waals surface area contributed by atoms with Crippen LogP contribution in [0.25, 0.3) is 0 Å². The lowest BCUT2D eigenvalue weighted by atomic mass is 9.96. The van der Waals surface area contributed by atoms with Crippen LogP contribution in [-0.2, 0) is 24.2 Å². The molecule has 0 saturated carbocycles. The van der Waals surface area contributed by atoms with Crippen molar-refractivity contribution in [2.45, 2.75) is 54.4 Å². The zero-order valence-electron chi connectivity index (χ0n) is 19.8. The van der Waals surface area contributed by atoms with Gasteiger partial charge in [0.1, 0.15) is 17.2 Å². The number of carbonyl (C=O) groups excluding carboxylic acids is 1. The minimum atomic E-state index is -4.80. The number of nitrogens with one attached hydrogen (secondary N) is 2. The SMILES string of the molecule is O=C(NOC1CCCCO1)C1(S(=O)(=O)c2ccc(Oc3ccc(OC(F)(F)F)cc3)cc2)CCNCC1. The van der Waals surface area contributed by atoms with Gasteiger partial charge in [-0.25, -0.2) is 18.7 Å². The third-order valence-corrected chi connectivity index (χ3v) is 8.70. The number of ether oxygens (including phenoxy) is 3. The molecule has 0 radical (unpaired) electrons. The summed E-state index contributed by atoms with van der Waals surface area (Å²) in [6, 6.07) is 10.2. The lowest BCUT2D eigenvalue weighted by molar-refractivity contribution is -0.274. The summed E-state index contributed by atoms with van der Waals surface area (Å²) in [5, 5.41) is 3.07. The second-order valence-corrected chi connectivity index (χ2v) is 10.9. The lowest BCUT2D eigenvalue weighted by Crippen LogP contribution is -2.58. The van der Waals surface area contributed by atoms with E-state index in [0.717, 1.165) is 25.0 Å². The molecule has 2 aromatic carbocycles. The first-order chi connectivity index (χ1) is 17.6. The molecule has 1 atom stereocenters. The van der Waals surface area contributed by atoms with Gasteiger partial charge in [0.15, 0.2) is 20.9 Å². The summed E-state index contributed by atoms with van der Waals surface area (Å²) in [5.74, 6) is -0.665. The fraction of sp³-hybridized carbons (Fsp3) is 0.458. The molecule has 1 unspecified atom stereocenters. The Hall–Kier alpha value is -2.87. The molecule has 2 aliphatic heterocycles. The molecular weight excluding hydrogens is 517 g/mol. The van der Waals surface area contributed by atoms with Crippen molar-refractivity contribution in [2.24, 2.45) is 0 Å². The molecule has 0 spiro atoms. The quantitative estimate of drug-likeness (QED) is 0.482. The van der Waals surface area contributed by atoms with Crippen LogP contribution in [0, 0.1) is 0 Å². The third kappa shape index (κ3) is 6.53. The summed E-state index contributed by atoms with van der Waals surface area (Å²) in [4.78, 5) is 18.5. The molecule has 0 aliphatic carbocycles. The second kappa shape index (κ2) is 11.3. The van der Waals surface area contributed by atoms with Gasteiger partial charge in [0.05, 0.1) is 4.90 Å². The van der Waals surface area contributed by atoms with Crippen LogP contribution in [0.2, 0.25) is 0 Å². The van der Waals surface area contributed by atoms with E-state index in [1.165, 1.54) is 36.4 Å². The van der Waals surface area contributed by atoms with Gasteiger partial charge in [-0.2, -0.15) is 0 Å². The summed E-state index contributed by atoms with van der Waals surface area (Å²) in [6.45, 7) is 1.18. The number of piperidine rings is 1. The number of benzene rings is 2. The Bertz CT molecular complexity index is 1160. The van der Waals surface area contributed by atoms with E-state index < -0.39 is 38.9 Å². The molecule has 13 heteroatoms. The predicted octanol–water partition coefficient (Wildman–Crippen LogP) is 3.85. The Morgan fingerprint density at radius 2 is 1.57 bits per heavy atom. The number of carbonyl (C=O) groups is 1. The fourth-order valence-electron chi connectivity index (χ4n) is 4.22. The molecule has 0 aromatic heterocycles. The molecule has 0 bridgehead atoms. The third-order valence-electron chi connectivity index (χ3n) is 6.19. The zero-order valence-corrected chi connectivity index (χ0v) is 20.6. The van der Waals surface area contributed by atoms with Crippen LogP contribution in [0.1, 0.15) is 32.1 Å². The Morgan fingerprint density at radius 1 is 0.973 bits per heavy atom. The molecule has 202 valence electrons. The Morgan fingerprint density at radius 3 is 2.14 bits per heavy atom. The van der Waals surface area contributed by atoms with Crippen LogP contribution in [0.5, 0.6) is 17.2 Å². The average molecular weight is 545 g/mol. The van der Waals surface area contributed by atoms with Crippen LogP contribution in [0.15, 0.2) is 53.4 Å². The minimum absolute atomic E-state index is 0.0562. The molecular formula is C24H27F3N2O7S. The van der Waals surface area contributed by atoms with Crippen LogP contribution in [-0.4, -0.2) is 51.4 Å². The minimum Gasteiger partial charge on any atom is -0.457 e. The molecule has 2 heterocycles. The molecule has 37 heavy (non-hydrogen) atoms. The van der Waals surface area contributed by atoms with Gasteiger partial charge in [0.25, 0.3) is 5.91 Å². The highest BCUT2D eigenvalue weighted by Crippen LogP contribution is 2.36. The average Bonchev–Trinajstić information content (AvgIpc) is 2.89. The van der Waals surface area contributed by atoms with Crippen molar-refractivity contribution in [3.05, 3.63) is 48.5 Å². The fourth-order valence-corrected chi connectivity index (χ4v) is 6.20. The van der Waals surface area contributed by atoms with Crippen LogP contribution in [0.4, 0.5) is 13.2 Å². The van der Waals surface area contributed by atoms with E-state index in [0.29, 0.717) is 26.1 Å². The van der Waals surface area contributed by atoms with Crippen molar-refractivity contribution in [1.82, 2.24) is 10.8 Å². The highest BCUT2D eigenvalue weighted by molar-refractivity contribution is 7.93. The van der Waals surface area contributed by atoms with Crippen molar-refractivity contribution in [2.75, 3.05) is 19.7 Å². The van der Waals surface area contributed by atoms with E-state index in [1.807, 2.05) is 0 Å². The smallest absolute Gasteiger partial charge is 0.457 e. The standard InChI is InChI=1S/C24H27F3N2O7S/c25-24(26,27)35-19-6-4-17(5-7-19)34-18-8-10-20(11-9-18)37(31,32)23(12-14-28-15-13-23)22(30)29-36-21-3-1-2-16-33-21/h4-11,21,28H,1-3,12-16H2,(H,29,30). The monoisotopic (exact) mass is 544 g/mol. The number of hydrogen-bond acceptors (Lipinski definition) is 8. The second-order valence-electron chi connectivity index (χ2n) is 8.69. The molecule has 1 amide bonds. The number of alkyl halides is 3. The van der Waals surface area contributed by atoms with E-state index in [9.17, 15) is 26.4 Å². The van der Waals surface area contributed by atoms with Crippen molar-refractivity contribution in [3.63, 3.8) is 0 Å². The summed E-state index contributed by atoms with van der Waals surface area (Å²) < 4.78 is 77.5. The molecule has 2 N–H and O–H groups in total. The van der Waals surface area contributed by atoms with Gasteiger partial charge in [-0.05, 0) is 87.3 Å². The van der Waals surface area contributed by atoms with Gasteiger partial charge in [0, 0.05) is 13.0 Å². The summed E-state index contributed by atoms with van der Waals surface area (Å²) in [7, 11) is -4.14. The first kappa shape index (κ1) is 27.2. The van der Waals surface area contributed by atoms with Gasteiger partial charge in [0.2, 0.25) is 0 Å². The maximum Gasteiger partial charge on any atom is 0.573 e. The van der Waals surface area contributed by atoms with Crippen LogP contribution < -0.4 is 20.3 Å². The maximum absolute atomic E-state index is 13.7.